The van der Waals surface area contributed by atoms with Crippen LogP contribution in [-0.2, 0) is 20.8 Å². The first kappa shape index (κ1) is 25.9. The number of hydrogen-bond donors (Lipinski definition) is 3. The summed E-state index contributed by atoms with van der Waals surface area (Å²) >= 11 is 1.63. The maximum Gasteiger partial charge on any atom is 0.248 e. The Kier molecular flexibility index (Phi) is 6.63. The molecule has 0 radical (unpaired) electrons. The van der Waals surface area contributed by atoms with Crippen LogP contribution in [0.2, 0.25) is 0 Å². The van der Waals surface area contributed by atoms with Gasteiger partial charge >= 0.3 is 0 Å². The maximum absolute atomic E-state index is 14.3. The summed E-state index contributed by atoms with van der Waals surface area (Å²) in [5.74, 6) is -1.70. The molecule has 3 amide bonds. The zero-order valence-corrected chi connectivity index (χ0v) is 22.9. The maximum atomic E-state index is 14.3. The van der Waals surface area contributed by atoms with Crippen LogP contribution in [0.1, 0.15) is 18.9 Å². The number of carbonyl (C=O) groups is 3. The highest BCUT2D eigenvalue weighted by Crippen LogP contribution is 2.68. The number of likely N-dealkylation sites (tertiary alicyclic amines) is 1. The molecule has 7 nitrogen and oxygen atoms in total. The summed E-state index contributed by atoms with van der Waals surface area (Å²) in [4.78, 5) is 43.3. The number of hydrogen-bond acceptors (Lipinski definition) is 5. The molecule has 3 unspecified atom stereocenters. The van der Waals surface area contributed by atoms with Gasteiger partial charge < -0.3 is 20.6 Å². The lowest BCUT2D eigenvalue weighted by atomic mass is 9.66. The molecule has 3 saturated heterocycles. The number of carbonyl (C=O) groups excluding carboxylic acids is 3. The molecule has 2 bridgehead atoms. The highest BCUT2D eigenvalue weighted by atomic mass is 32.2. The smallest absolute Gasteiger partial charge is 0.248 e. The number of thioether (sulfide) groups is 1. The molecule has 7 atom stereocenters. The van der Waals surface area contributed by atoms with Gasteiger partial charge in [0.05, 0.1) is 29.2 Å². The van der Waals surface area contributed by atoms with Crippen LogP contribution in [0, 0.1) is 17.8 Å². The molecular weight excluding hydrogens is 510 g/mol. The molecule has 8 heteroatoms. The third kappa shape index (κ3) is 4.03. The molecule has 3 aromatic carbocycles. The minimum Gasteiger partial charge on any atom is -0.394 e. The van der Waals surface area contributed by atoms with Crippen molar-refractivity contribution >= 4 is 45.9 Å². The van der Waals surface area contributed by atoms with Crippen molar-refractivity contribution in [3.63, 3.8) is 0 Å². The van der Waals surface area contributed by atoms with Crippen molar-refractivity contribution in [1.29, 1.82) is 0 Å². The Morgan fingerprint density at radius 1 is 1.05 bits per heavy atom. The fraction of sp³-hybridized carbons (Fsp3) is 0.387. The topological polar surface area (TPSA) is 98.7 Å². The molecular formula is C31H33N3O4S. The molecule has 3 fully saturated rings. The van der Waals surface area contributed by atoms with Crippen LogP contribution in [0.4, 0.5) is 5.69 Å². The first-order chi connectivity index (χ1) is 18.9. The van der Waals surface area contributed by atoms with Crippen LogP contribution >= 0.6 is 11.8 Å². The lowest BCUT2D eigenvalue weighted by Gasteiger charge is -2.40. The standard InChI is InChI=1S/C31H33N3O4S/c1-18-14-24-25(28(36)32-2)26-30(38)34(23(17-35)15-19-8-4-3-5-9-19)27(31(18,26)39-24)29(37)33-22-13-12-20-10-6-7-11-21(20)16-22/h3-13,16,18,23-27,35H,14-15,17H2,1-2H3,(H,32,36)(H,33,37)/t18?,23-,24-,25+,26+,27?,31?/m1/s1. The Morgan fingerprint density at radius 2 is 1.77 bits per heavy atom. The summed E-state index contributed by atoms with van der Waals surface area (Å²) in [6.07, 6.45) is 1.18. The van der Waals surface area contributed by atoms with Gasteiger partial charge in [-0.25, -0.2) is 0 Å². The zero-order chi connectivity index (χ0) is 27.3. The summed E-state index contributed by atoms with van der Waals surface area (Å²) in [6.45, 7) is 1.81. The van der Waals surface area contributed by atoms with Gasteiger partial charge in [0, 0.05) is 18.0 Å². The minimum absolute atomic E-state index is 0.0197. The number of nitrogens with zero attached hydrogens (tertiary/aromatic N) is 1. The molecule has 39 heavy (non-hydrogen) atoms. The van der Waals surface area contributed by atoms with Crippen LogP contribution in [-0.4, -0.2) is 63.5 Å². The molecule has 202 valence electrons. The van der Waals surface area contributed by atoms with E-state index < -0.39 is 28.7 Å². The molecule has 1 spiro atoms. The highest BCUT2D eigenvalue weighted by molar-refractivity contribution is 8.02. The molecule has 0 aromatic heterocycles. The lowest BCUT2D eigenvalue weighted by Crippen LogP contribution is -2.57. The quantitative estimate of drug-likeness (QED) is 0.424. The monoisotopic (exact) mass is 543 g/mol. The van der Waals surface area contributed by atoms with E-state index in [2.05, 4.69) is 17.6 Å². The molecule has 3 heterocycles. The Labute approximate surface area is 232 Å². The van der Waals surface area contributed by atoms with Crippen molar-refractivity contribution in [2.45, 2.75) is 41.8 Å². The number of amides is 3. The van der Waals surface area contributed by atoms with E-state index >= 15 is 0 Å². The molecule has 0 aliphatic carbocycles. The number of aliphatic hydroxyl groups excluding tert-OH is 1. The third-order valence-corrected chi connectivity index (χ3v) is 11.0. The summed E-state index contributed by atoms with van der Waals surface area (Å²) in [5, 5.41) is 18.5. The van der Waals surface area contributed by atoms with Crippen molar-refractivity contribution in [3.05, 3.63) is 78.4 Å². The average Bonchev–Trinajstić information content (AvgIpc) is 3.55. The van der Waals surface area contributed by atoms with Crippen LogP contribution in [0.5, 0.6) is 0 Å². The van der Waals surface area contributed by atoms with Crippen LogP contribution in [0.3, 0.4) is 0 Å². The first-order valence-corrected chi connectivity index (χ1v) is 14.4. The van der Waals surface area contributed by atoms with Crippen LogP contribution in [0.25, 0.3) is 10.8 Å². The number of benzene rings is 3. The molecule has 0 saturated carbocycles. The van der Waals surface area contributed by atoms with Crippen LogP contribution < -0.4 is 10.6 Å². The van der Waals surface area contributed by atoms with E-state index in [0.717, 1.165) is 22.8 Å². The fourth-order valence-corrected chi connectivity index (χ4v) is 9.64. The third-order valence-electron chi connectivity index (χ3n) is 8.92. The first-order valence-electron chi connectivity index (χ1n) is 13.5. The number of aliphatic hydroxyl groups is 1. The van der Waals surface area contributed by atoms with Crippen molar-refractivity contribution in [1.82, 2.24) is 10.2 Å². The van der Waals surface area contributed by atoms with Gasteiger partial charge in [-0.2, -0.15) is 0 Å². The Balaban J connectivity index is 1.42. The minimum atomic E-state index is -0.818. The SMILES string of the molecule is CNC(=O)[C@@H]1[C@H]2C(=O)N([C@@H](CO)Cc3ccccc3)C(C(=O)Nc3ccc4ccccc4c3)C23S[C@@H]1CC3C. The van der Waals surface area contributed by atoms with E-state index in [9.17, 15) is 19.5 Å². The molecule has 3 aliphatic heterocycles. The van der Waals surface area contributed by atoms with Gasteiger partial charge in [-0.05, 0) is 47.2 Å². The zero-order valence-electron chi connectivity index (χ0n) is 22.0. The summed E-state index contributed by atoms with van der Waals surface area (Å²) < 4.78 is -0.746. The van der Waals surface area contributed by atoms with Crippen molar-refractivity contribution in [2.24, 2.45) is 17.8 Å². The highest BCUT2D eigenvalue weighted by Gasteiger charge is 2.76. The van der Waals surface area contributed by atoms with E-state index in [1.165, 1.54) is 0 Å². The number of rotatable bonds is 7. The van der Waals surface area contributed by atoms with Gasteiger partial charge in [0.15, 0.2) is 0 Å². The summed E-state index contributed by atoms with van der Waals surface area (Å²) in [5.41, 5.74) is 1.63. The number of nitrogens with one attached hydrogen (secondary N) is 2. The second-order valence-corrected chi connectivity index (χ2v) is 12.5. The number of anilines is 1. The average molecular weight is 544 g/mol. The van der Waals surface area contributed by atoms with Crippen LogP contribution in [0.15, 0.2) is 72.8 Å². The number of fused-ring (bicyclic) bond motifs is 2. The van der Waals surface area contributed by atoms with Gasteiger partial charge in [-0.15, -0.1) is 11.8 Å². The van der Waals surface area contributed by atoms with Gasteiger partial charge in [-0.3, -0.25) is 14.4 Å². The van der Waals surface area contributed by atoms with Gasteiger partial charge in [0.1, 0.15) is 6.04 Å². The van der Waals surface area contributed by atoms with Gasteiger partial charge in [0.2, 0.25) is 17.7 Å². The molecule has 3 aliphatic rings. The van der Waals surface area contributed by atoms with Crippen molar-refractivity contribution in [2.75, 3.05) is 19.0 Å². The van der Waals surface area contributed by atoms with E-state index in [-0.39, 0.29) is 35.5 Å². The second-order valence-electron chi connectivity index (χ2n) is 11.0. The molecule has 6 rings (SSSR count). The van der Waals surface area contributed by atoms with E-state index in [1.807, 2.05) is 72.8 Å². The molecule has 3 N–H and O–H groups in total. The Bertz CT molecular complexity index is 1430. The normalized spacial score (nSPS) is 29.9. The fourth-order valence-electron chi connectivity index (χ4n) is 7.23. The Hall–Kier alpha value is -3.36. The van der Waals surface area contributed by atoms with Crippen molar-refractivity contribution in [3.8, 4) is 0 Å². The summed E-state index contributed by atoms with van der Waals surface area (Å²) in [7, 11) is 1.60. The van der Waals surface area contributed by atoms with E-state index in [1.54, 1.807) is 23.7 Å². The second kappa shape index (κ2) is 9.99. The summed E-state index contributed by atoms with van der Waals surface area (Å²) in [6, 6.07) is 22.0. The van der Waals surface area contributed by atoms with E-state index in [0.29, 0.717) is 12.1 Å². The molecule has 3 aromatic rings. The predicted octanol–water partition coefficient (Wildman–Crippen LogP) is 3.47. The lowest BCUT2D eigenvalue weighted by molar-refractivity contribution is -0.142. The van der Waals surface area contributed by atoms with E-state index in [4.69, 9.17) is 0 Å². The predicted molar refractivity (Wildman–Crippen MR) is 153 cm³/mol. The largest absolute Gasteiger partial charge is 0.394 e. The van der Waals surface area contributed by atoms with Gasteiger partial charge in [0.25, 0.3) is 0 Å². The Morgan fingerprint density at radius 3 is 2.49 bits per heavy atom. The van der Waals surface area contributed by atoms with Crippen molar-refractivity contribution < 1.29 is 19.5 Å². The van der Waals surface area contributed by atoms with Gasteiger partial charge in [-0.1, -0.05) is 67.6 Å².